The summed E-state index contributed by atoms with van der Waals surface area (Å²) in [5.41, 5.74) is 1.44. The van der Waals surface area contributed by atoms with Crippen LogP contribution in [0.2, 0.25) is 0 Å². The minimum atomic E-state index is -0.112. The van der Waals surface area contributed by atoms with Crippen LogP contribution in [-0.4, -0.2) is 29.4 Å². The number of fused-ring (bicyclic) bond motifs is 1. The van der Waals surface area contributed by atoms with E-state index in [9.17, 15) is 9.59 Å². The zero-order valence-corrected chi connectivity index (χ0v) is 14.1. The van der Waals surface area contributed by atoms with Crippen LogP contribution < -0.4 is 10.6 Å². The predicted octanol–water partition coefficient (Wildman–Crippen LogP) is 3.69. The lowest BCUT2D eigenvalue weighted by atomic mass is 9.68. The molecule has 1 aromatic rings. The summed E-state index contributed by atoms with van der Waals surface area (Å²) < 4.78 is 0. The second-order valence-corrected chi connectivity index (χ2v) is 7.77. The Hall–Kier alpha value is -2.04. The first kappa shape index (κ1) is 15.5. The first-order valence-electron chi connectivity index (χ1n) is 9.02. The minimum Gasteiger partial charge on any atom is -0.326 e. The largest absolute Gasteiger partial charge is 0.326 e. The van der Waals surface area contributed by atoms with Gasteiger partial charge in [-0.05, 0) is 68.1 Å². The van der Waals surface area contributed by atoms with E-state index < -0.39 is 0 Å². The molecule has 2 N–H and O–H groups in total. The van der Waals surface area contributed by atoms with Gasteiger partial charge in [0, 0.05) is 30.9 Å². The molecular formula is C19H25N3O2. The maximum atomic E-state index is 12.8. The number of anilines is 2. The van der Waals surface area contributed by atoms with Gasteiger partial charge in [-0.1, -0.05) is 6.07 Å². The fourth-order valence-corrected chi connectivity index (χ4v) is 5.11. The van der Waals surface area contributed by atoms with E-state index >= 15 is 0 Å². The van der Waals surface area contributed by atoms with Crippen molar-refractivity contribution in [2.45, 2.75) is 45.1 Å². The Morgan fingerprint density at radius 2 is 1.58 bits per heavy atom. The molecule has 0 spiro atoms. The smallest absolute Gasteiger partial charge is 0.322 e. The molecule has 5 heteroatoms. The molecule has 4 fully saturated rings. The molecule has 4 aliphatic rings. The number of amides is 3. The molecule has 0 radical (unpaired) electrons. The van der Waals surface area contributed by atoms with Crippen molar-refractivity contribution in [3.63, 3.8) is 0 Å². The van der Waals surface area contributed by atoms with Crippen LogP contribution in [0.1, 0.15) is 39.0 Å². The predicted molar refractivity (Wildman–Crippen MR) is 93.8 cm³/mol. The fourth-order valence-electron chi connectivity index (χ4n) is 5.11. The topological polar surface area (TPSA) is 61.4 Å². The molecule has 4 bridgehead atoms. The SMILES string of the molecule is CC(=O)Nc1cccc(NC(=O)N2CC3CC4CC(C3)CC2C4)c1. The van der Waals surface area contributed by atoms with E-state index in [0.29, 0.717) is 17.6 Å². The van der Waals surface area contributed by atoms with Crippen LogP contribution in [0, 0.1) is 17.8 Å². The molecule has 3 amide bonds. The van der Waals surface area contributed by atoms with Gasteiger partial charge in [-0.3, -0.25) is 4.79 Å². The highest BCUT2D eigenvalue weighted by molar-refractivity contribution is 5.92. The third-order valence-electron chi connectivity index (χ3n) is 5.80. The Morgan fingerprint density at radius 3 is 2.25 bits per heavy atom. The summed E-state index contributed by atoms with van der Waals surface area (Å²) in [4.78, 5) is 26.1. The third-order valence-corrected chi connectivity index (χ3v) is 5.80. The molecule has 24 heavy (non-hydrogen) atoms. The number of hydrogen-bond acceptors (Lipinski definition) is 2. The van der Waals surface area contributed by atoms with Crippen molar-refractivity contribution in [2.75, 3.05) is 17.2 Å². The van der Waals surface area contributed by atoms with Gasteiger partial charge in [-0.25, -0.2) is 4.79 Å². The molecule has 5 rings (SSSR count). The minimum absolute atomic E-state index is 0.00757. The van der Waals surface area contributed by atoms with Crippen molar-refractivity contribution < 1.29 is 9.59 Å². The highest BCUT2D eigenvalue weighted by Gasteiger charge is 2.44. The molecular weight excluding hydrogens is 302 g/mol. The Balaban J connectivity index is 1.47. The summed E-state index contributed by atoms with van der Waals surface area (Å²) in [5.74, 6) is 2.22. The summed E-state index contributed by atoms with van der Waals surface area (Å²) in [6.45, 7) is 2.38. The molecule has 2 atom stereocenters. The molecule has 128 valence electrons. The van der Waals surface area contributed by atoms with Crippen molar-refractivity contribution in [1.82, 2.24) is 4.90 Å². The maximum absolute atomic E-state index is 12.8. The first-order chi connectivity index (χ1) is 11.6. The van der Waals surface area contributed by atoms with E-state index in [-0.39, 0.29) is 11.9 Å². The standard InChI is InChI=1S/C19H25N3O2/c1-12(23)20-16-3-2-4-17(10-16)21-19(24)22-11-15-6-13-5-14(7-15)9-18(22)8-13/h2-4,10,13-15,18H,5-9,11H2,1H3,(H,20,23)(H,21,24). The molecule has 2 unspecified atom stereocenters. The summed E-state index contributed by atoms with van der Waals surface area (Å²) in [6, 6.07) is 7.75. The van der Waals surface area contributed by atoms with Crippen LogP contribution in [0.5, 0.6) is 0 Å². The molecule has 2 heterocycles. The number of nitrogens with one attached hydrogen (secondary N) is 2. The Morgan fingerprint density at radius 1 is 0.958 bits per heavy atom. The summed E-state index contributed by atoms with van der Waals surface area (Å²) in [5, 5.41) is 5.78. The molecule has 2 aliphatic carbocycles. The number of carbonyl (C=O) groups excluding carboxylic acids is 2. The van der Waals surface area contributed by atoms with Gasteiger partial charge in [0.1, 0.15) is 0 Å². The van der Waals surface area contributed by atoms with E-state index in [1.54, 1.807) is 6.07 Å². The Bertz CT molecular complexity index is 646. The van der Waals surface area contributed by atoms with E-state index in [4.69, 9.17) is 0 Å². The van der Waals surface area contributed by atoms with E-state index in [1.165, 1.54) is 39.0 Å². The van der Waals surface area contributed by atoms with Gasteiger partial charge in [0.05, 0.1) is 0 Å². The highest BCUT2D eigenvalue weighted by atomic mass is 16.2. The van der Waals surface area contributed by atoms with Crippen LogP contribution in [0.25, 0.3) is 0 Å². The van der Waals surface area contributed by atoms with E-state index in [1.807, 2.05) is 18.2 Å². The van der Waals surface area contributed by atoms with Crippen LogP contribution in [-0.2, 0) is 4.79 Å². The summed E-state index contributed by atoms with van der Waals surface area (Å²) in [6.07, 6.45) is 6.32. The van der Waals surface area contributed by atoms with Crippen LogP contribution in [0.3, 0.4) is 0 Å². The van der Waals surface area contributed by atoms with Crippen molar-refractivity contribution in [3.05, 3.63) is 24.3 Å². The third kappa shape index (κ3) is 3.12. The van der Waals surface area contributed by atoms with Gasteiger partial charge < -0.3 is 15.5 Å². The fraction of sp³-hybridized carbons (Fsp3) is 0.579. The summed E-state index contributed by atoms with van der Waals surface area (Å²) >= 11 is 0. The number of carbonyl (C=O) groups is 2. The number of rotatable bonds is 2. The molecule has 0 aromatic heterocycles. The molecule has 5 nitrogen and oxygen atoms in total. The highest BCUT2D eigenvalue weighted by Crippen LogP contribution is 2.47. The molecule has 2 saturated heterocycles. The Labute approximate surface area is 142 Å². The van der Waals surface area contributed by atoms with Crippen LogP contribution in [0.15, 0.2) is 24.3 Å². The number of hydrogen-bond donors (Lipinski definition) is 2. The van der Waals surface area contributed by atoms with Crippen molar-refractivity contribution in [1.29, 1.82) is 0 Å². The van der Waals surface area contributed by atoms with Gasteiger partial charge in [0.2, 0.25) is 5.91 Å². The van der Waals surface area contributed by atoms with Gasteiger partial charge in [-0.2, -0.15) is 0 Å². The maximum Gasteiger partial charge on any atom is 0.322 e. The number of nitrogens with zero attached hydrogens (tertiary/aromatic N) is 1. The van der Waals surface area contributed by atoms with Crippen molar-refractivity contribution in [3.8, 4) is 0 Å². The lowest BCUT2D eigenvalue weighted by Crippen LogP contribution is -2.44. The van der Waals surface area contributed by atoms with Gasteiger partial charge >= 0.3 is 6.03 Å². The molecule has 1 aromatic carbocycles. The lowest BCUT2D eigenvalue weighted by Gasteiger charge is -2.38. The quantitative estimate of drug-likeness (QED) is 0.870. The first-order valence-corrected chi connectivity index (χ1v) is 9.02. The average molecular weight is 327 g/mol. The van der Waals surface area contributed by atoms with Gasteiger partial charge in [-0.15, -0.1) is 0 Å². The van der Waals surface area contributed by atoms with Gasteiger partial charge in [0.25, 0.3) is 0 Å². The molecule has 2 saturated carbocycles. The monoisotopic (exact) mass is 327 g/mol. The van der Waals surface area contributed by atoms with E-state index in [2.05, 4.69) is 15.5 Å². The number of benzene rings is 1. The van der Waals surface area contributed by atoms with Crippen molar-refractivity contribution >= 4 is 23.3 Å². The van der Waals surface area contributed by atoms with Crippen molar-refractivity contribution in [2.24, 2.45) is 17.8 Å². The second kappa shape index (κ2) is 6.11. The zero-order valence-electron chi connectivity index (χ0n) is 14.1. The normalized spacial score (nSPS) is 30.8. The summed E-state index contributed by atoms with van der Waals surface area (Å²) in [7, 11) is 0. The van der Waals surface area contributed by atoms with Gasteiger partial charge in [0.15, 0.2) is 0 Å². The van der Waals surface area contributed by atoms with Crippen LogP contribution in [0.4, 0.5) is 16.2 Å². The van der Waals surface area contributed by atoms with Crippen LogP contribution >= 0.6 is 0 Å². The zero-order chi connectivity index (χ0) is 16.7. The Kier molecular flexibility index (Phi) is 3.94. The van der Waals surface area contributed by atoms with E-state index in [0.717, 1.165) is 24.1 Å². The average Bonchev–Trinajstić information content (AvgIpc) is 2.70. The lowest BCUT2D eigenvalue weighted by molar-refractivity contribution is -0.114. The second-order valence-electron chi connectivity index (χ2n) is 7.77. The molecule has 2 aliphatic heterocycles. The number of urea groups is 1.